The second kappa shape index (κ2) is 5.84. The Morgan fingerprint density at radius 3 is 2.31 bits per heavy atom. The Labute approximate surface area is 178 Å². The summed E-state index contributed by atoms with van der Waals surface area (Å²) in [6.07, 6.45) is 0. The highest BCUT2D eigenvalue weighted by molar-refractivity contribution is 9.10. The van der Waals surface area contributed by atoms with Gasteiger partial charge in [-0.2, -0.15) is 0 Å². The molecule has 2 heteroatoms. The highest BCUT2D eigenvalue weighted by Crippen LogP contribution is 2.51. The van der Waals surface area contributed by atoms with Gasteiger partial charge in [0.15, 0.2) is 0 Å². The Balaban J connectivity index is 1.78. The normalized spacial score (nSPS) is 14.3. The molecule has 0 bridgehead atoms. The first-order chi connectivity index (χ1) is 14.1. The van der Waals surface area contributed by atoms with Gasteiger partial charge in [-0.15, -0.1) is 0 Å². The number of halogens is 1. The van der Waals surface area contributed by atoms with Crippen LogP contribution >= 0.6 is 15.9 Å². The van der Waals surface area contributed by atoms with Gasteiger partial charge < -0.3 is 4.57 Å². The van der Waals surface area contributed by atoms with E-state index in [4.69, 9.17) is 0 Å². The SMILES string of the molecule is CC1(C)c2ccccc2-c2cccc(-n3c4ccccc4c4cc(Br)ccc43)c21. The van der Waals surface area contributed by atoms with Crippen LogP contribution in [-0.2, 0) is 5.41 Å². The van der Waals surface area contributed by atoms with Crippen molar-refractivity contribution in [2.75, 3.05) is 0 Å². The molecule has 0 aliphatic heterocycles. The van der Waals surface area contributed by atoms with Crippen molar-refractivity contribution >= 4 is 37.7 Å². The molecule has 1 aromatic heterocycles. The van der Waals surface area contributed by atoms with Crippen molar-refractivity contribution in [1.82, 2.24) is 4.57 Å². The van der Waals surface area contributed by atoms with Crippen molar-refractivity contribution in [2.45, 2.75) is 19.3 Å². The lowest BCUT2D eigenvalue weighted by molar-refractivity contribution is 0.656. The van der Waals surface area contributed by atoms with Gasteiger partial charge in [0.1, 0.15) is 0 Å². The van der Waals surface area contributed by atoms with Crippen LogP contribution in [0.5, 0.6) is 0 Å². The van der Waals surface area contributed by atoms with Gasteiger partial charge in [0.2, 0.25) is 0 Å². The van der Waals surface area contributed by atoms with Gasteiger partial charge in [-0.05, 0) is 52.6 Å². The fourth-order valence-corrected chi connectivity index (χ4v) is 5.57. The van der Waals surface area contributed by atoms with Crippen LogP contribution in [0.2, 0.25) is 0 Å². The summed E-state index contributed by atoms with van der Waals surface area (Å²) < 4.78 is 3.56. The molecule has 0 atom stereocenters. The Bertz CT molecular complexity index is 1440. The third-order valence-corrected chi connectivity index (χ3v) is 6.93. The molecule has 1 aliphatic rings. The van der Waals surface area contributed by atoms with Crippen molar-refractivity contribution in [2.24, 2.45) is 0 Å². The molecule has 140 valence electrons. The molecule has 5 aromatic rings. The average Bonchev–Trinajstić information content (AvgIpc) is 3.18. The van der Waals surface area contributed by atoms with Gasteiger partial charge in [0, 0.05) is 20.7 Å². The molecule has 0 saturated heterocycles. The first-order valence-corrected chi connectivity index (χ1v) is 10.8. The summed E-state index contributed by atoms with van der Waals surface area (Å²) in [6.45, 7) is 4.71. The van der Waals surface area contributed by atoms with E-state index in [1.807, 2.05) is 0 Å². The summed E-state index contributed by atoms with van der Waals surface area (Å²) in [5.74, 6) is 0. The first-order valence-electron chi connectivity index (χ1n) is 10.00. The van der Waals surface area contributed by atoms with E-state index in [9.17, 15) is 0 Å². The van der Waals surface area contributed by atoms with Crippen LogP contribution in [0.3, 0.4) is 0 Å². The molecule has 0 unspecified atom stereocenters. The van der Waals surface area contributed by atoms with E-state index < -0.39 is 0 Å². The molecule has 0 radical (unpaired) electrons. The van der Waals surface area contributed by atoms with Gasteiger partial charge >= 0.3 is 0 Å². The smallest absolute Gasteiger partial charge is 0.0541 e. The van der Waals surface area contributed by atoms with Crippen LogP contribution in [0.4, 0.5) is 0 Å². The molecular formula is C27H20BrN. The van der Waals surface area contributed by atoms with Crippen LogP contribution in [0.1, 0.15) is 25.0 Å². The number of hydrogen-bond donors (Lipinski definition) is 0. The minimum Gasteiger partial charge on any atom is -0.309 e. The molecule has 0 fully saturated rings. The number of fused-ring (bicyclic) bond motifs is 6. The fraction of sp³-hybridized carbons (Fsp3) is 0.111. The Hall–Kier alpha value is -2.84. The summed E-state index contributed by atoms with van der Waals surface area (Å²) in [4.78, 5) is 0. The number of nitrogens with zero attached hydrogens (tertiary/aromatic N) is 1. The lowest BCUT2D eigenvalue weighted by Crippen LogP contribution is -2.17. The standard InChI is InChI=1S/C27H20BrN/c1-27(2)22-11-5-3-8-18(22)20-10-7-13-25(26(20)27)29-23-12-6-4-9-19(23)21-16-17(28)14-15-24(21)29/h3-16H,1-2H3. The van der Waals surface area contributed by atoms with Crippen LogP contribution < -0.4 is 0 Å². The van der Waals surface area contributed by atoms with Crippen molar-refractivity contribution < 1.29 is 0 Å². The van der Waals surface area contributed by atoms with Gasteiger partial charge in [0.25, 0.3) is 0 Å². The number of rotatable bonds is 1. The van der Waals surface area contributed by atoms with Gasteiger partial charge in [-0.3, -0.25) is 0 Å². The average molecular weight is 438 g/mol. The fourth-order valence-electron chi connectivity index (χ4n) is 5.21. The highest BCUT2D eigenvalue weighted by atomic mass is 79.9. The Morgan fingerprint density at radius 2 is 1.41 bits per heavy atom. The van der Waals surface area contributed by atoms with Crippen LogP contribution in [0.15, 0.2) is 89.4 Å². The number of benzene rings is 4. The molecule has 4 aromatic carbocycles. The van der Waals surface area contributed by atoms with Crippen LogP contribution in [-0.4, -0.2) is 4.57 Å². The molecule has 1 heterocycles. The largest absolute Gasteiger partial charge is 0.309 e. The second-order valence-electron chi connectivity index (χ2n) is 8.38. The highest BCUT2D eigenvalue weighted by Gasteiger charge is 2.37. The van der Waals surface area contributed by atoms with Gasteiger partial charge in [-0.1, -0.05) is 84.4 Å². The predicted molar refractivity (Wildman–Crippen MR) is 126 cm³/mol. The minimum atomic E-state index is -0.0461. The third kappa shape index (κ3) is 2.21. The van der Waals surface area contributed by atoms with E-state index >= 15 is 0 Å². The number of hydrogen-bond acceptors (Lipinski definition) is 0. The first kappa shape index (κ1) is 17.1. The quantitative estimate of drug-likeness (QED) is 0.251. The lowest BCUT2D eigenvalue weighted by Gasteiger charge is -2.25. The molecule has 0 N–H and O–H groups in total. The summed E-state index contributed by atoms with van der Waals surface area (Å²) in [7, 11) is 0. The van der Waals surface area contributed by atoms with E-state index in [1.54, 1.807) is 0 Å². The van der Waals surface area contributed by atoms with Crippen molar-refractivity contribution in [3.8, 4) is 16.8 Å². The summed E-state index contributed by atoms with van der Waals surface area (Å²) >= 11 is 3.66. The predicted octanol–water partition coefficient (Wildman–Crippen LogP) is 7.85. The van der Waals surface area contributed by atoms with E-state index in [0.29, 0.717) is 0 Å². The Morgan fingerprint density at radius 1 is 0.690 bits per heavy atom. The van der Waals surface area contributed by atoms with Crippen molar-refractivity contribution in [3.05, 3.63) is 101 Å². The zero-order valence-electron chi connectivity index (χ0n) is 16.4. The monoisotopic (exact) mass is 437 g/mol. The van der Waals surface area contributed by atoms with Gasteiger partial charge in [0.05, 0.1) is 16.7 Å². The number of para-hydroxylation sites is 1. The van der Waals surface area contributed by atoms with Crippen molar-refractivity contribution in [1.29, 1.82) is 0 Å². The minimum absolute atomic E-state index is 0.0461. The molecular weight excluding hydrogens is 418 g/mol. The summed E-state index contributed by atoms with van der Waals surface area (Å²) in [5.41, 5.74) is 9.25. The zero-order valence-corrected chi connectivity index (χ0v) is 18.0. The molecule has 1 aliphatic carbocycles. The van der Waals surface area contributed by atoms with E-state index in [2.05, 4.69) is 119 Å². The topological polar surface area (TPSA) is 4.93 Å². The molecule has 0 amide bonds. The summed E-state index contributed by atoms with van der Waals surface area (Å²) in [5, 5.41) is 2.57. The second-order valence-corrected chi connectivity index (χ2v) is 9.30. The molecule has 29 heavy (non-hydrogen) atoms. The third-order valence-electron chi connectivity index (χ3n) is 6.43. The van der Waals surface area contributed by atoms with Gasteiger partial charge in [-0.25, -0.2) is 0 Å². The van der Waals surface area contributed by atoms with Crippen molar-refractivity contribution in [3.63, 3.8) is 0 Å². The summed E-state index contributed by atoms with van der Waals surface area (Å²) in [6, 6.07) is 30.9. The number of aromatic nitrogens is 1. The van der Waals surface area contributed by atoms with Crippen LogP contribution in [0, 0.1) is 0 Å². The molecule has 1 nitrogen and oxygen atoms in total. The van der Waals surface area contributed by atoms with Crippen LogP contribution in [0.25, 0.3) is 38.6 Å². The molecule has 0 saturated carbocycles. The van der Waals surface area contributed by atoms with E-state index in [0.717, 1.165) is 4.47 Å². The zero-order chi connectivity index (χ0) is 19.8. The maximum atomic E-state index is 3.66. The Kier molecular flexibility index (Phi) is 3.43. The maximum absolute atomic E-state index is 3.66. The maximum Gasteiger partial charge on any atom is 0.0541 e. The van der Waals surface area contributed by atoms with E-state index in [-0.39, 0.29) is 5.41 Å². The van der Waals surface area contributed by atoms with E-state index in [1.165, 1.54) is 49.7 Å². The molecule has 0 spiro atoms. The molecule has 6 rings (SSSR count). The lowest BCUT2D eigenvalue weighted by atomic mass is 9.81.